The number of primary amides is 1. The minimum atomic E-state index is -4.40. The lowest BCUT2D eigenvalue weighted by molar-refractivity contribution is -0.137. The molecule has 2 aliphatic heterocycles. The van der Waals surface area contributed by atoms with Crippen molar-refractivity contribution in [1.29, 1.82) is 0 Å². The molecule has 6 atom stereocenters. The van der Waals surface area contributed by atoms with E-state index in [1.807, 2.05) is 30.5 Å². The van der Waals surface area contributed by atoms with Gasteiger partial charge in [-0.2, -0.15) is 13.2 Å². The highest BCUT2D eigenvalue weighted by atomic mass is 19.4. The van der Waals surface area contributed by atoms with Gasteiger partial charge in [0, 0.05) is 54.6 Å². The molecule has 10 heteroatoms. The summed E-state index contributed by atoms with van der Waals surface area (Å²) >= 11 is 0. The van der Waals surface area contributed by atoms with Crippen molar-refractivity contribution in [2.24, 2.45) is 11.7 Å². The van der Waals surface area contributed by atoms with Gasteiger partial charge in [-0.25, -0.2) is 9.97 Å². The Morgan fingerprint density at radius 2 is 1.80 bits per heavy atom. The molecular formula is C30H31F3N6O. The van der Waals surface area contributed by atoms with Crippen LogP contribution in [-0.2, 0) is 6.18 Å². The number of rotatable bonds is 4. The smallest absolute Gasteiger partial charge is 0.366 e. The van der Waals surface area contributed by atoms with Crippen molar-refractivity contribution in [2.45, 2.75) is 68.5 Å². The summed E-state index contributed by atoms with van der Waals surface area (Å²) in [4.78, 5) is 25.6. The maximum Gasteiger partial charge on any atom is 0.417 e. The Balaban J connectivity index is 1.22. The van der Waals surface area contributed by atoms with Gasteiger partial charge in [-0.3, -0.25) is 4.79 Å². The number of hydrogen-bond donors (Lipinski definition) is 2. The summed E-state index contributed by atoms with van der Waals surface area (Å²) < 4.78 is 39.4. The van der Waals surface area contributed by atoms with E-state index in [4.69, 9.17) is 10.7 Å². The highest BCUT2D eigenvalue weighted by Gasteiger charge is 2.59. The Kier molecular flexibility index (Phi) is 5.99. The highest BCUT2D eigenvalue weighted by Crippen LogP contribution is 2.48. The first-order valence-electron chi connectivity index (χ1n) is 14.0. The molecule has 208 valence electrons. The van der Waals surface area contributed by atoms with E-state index in [1.165, 1.54) is 18.9 Å². The lowest BCUT2D eigenvalue weighted by atomic mass is 9.81. The number of hydrogen-bond acceptors (Lipinski definition) is 6. The van der Waals surface area contributed by atoms with Crippen LogP contribution < -0.4 is 20.9 Å². The fourth-order valence-corrected chi connectivity index (χ4v) is 7.63. The minimum Gasteiger partial charge on any atom is -0.366 e. The Morgan fingerprint density at radius 1 is 0.975 bits per heavy atom. The number of nitrogens with two attached hydrogens (primary N) is 1. The molecule has 3 N–H and O–H groups in total. The number of piperidine rings is 1. The van der Waals surface area contributed by atoms with Gasteiger partial charge < -0.3 is 20.9 Å². The molecule has 7 nitrogen and oxygen atoms in total. The van der Waals surface area contributed by atoms with Crippen molar-refractivity contribution in [3.8, 4) is 11.1 Å². The number of nitrogens with one attached hydrogen (secondary N) is 1. The molecule has 4 heterocycles. The fraction of sp³-hybridized carbons (Fsp3) is 0.433. The van der Waals surface area contributed by atoms with E-state index in [9.17, 15) is 18.0 Å². The first-order valence-corrected chi connectivity index (χ1v) is 14.0. The molecule has 2 saturated heterocycles. The third kappa shape index (κ3) is 4.20. The second kappa shape index (κ2) is 9.47. The number of fused-ring (bicyclic) bond motifs is 6. The SMILES string of the molecule is NC(=O)c1cccc(-c2ccnc(N3C4CCCCC4NC4C5CC(CN5c5ccc(C(F)(F)F)cn5)C43)c2)c1. The Bertz CT molecular complexity index is 1430. The number of carbonyl (C=O) groups is 1. The average Bonchev–Trinajstić information content (AvgIpc) is 3.55. The lowest BCUT2D eigenvalue weighted by Gasteiger charge is -2.56. The van der Waals surface area contributed by atoms with Gasteiger partial charge in [-0.05, 0) is 66.8 Å². The van der Waals surface area contributed by atoms with E-state index in [0.717, 1.165) is 55.0 Å². The first kappa shape index (κ1) is 25.3. The summed E-state index contributed by atoms with van der Waals surface area (Å²) in [6, 6.07) is 15.3. The minimum absolute atomic E-state index is 0.153. The van der Waals surface area contributed by atoms with Crippen LogP contribution in [0.2, 0.25) is 0 Å². The van der Waals surface area contributed by atoms with Crippen LogP contribution in [0.15, 0.2) is 60.9 Å². The van der Waals surface area contributed by atoms with E-state index in [1.54, 1.807) is 6.07 Å². The van der Waals surface area contributed by atoms with Crippen LogP contribution >= 0.6 is 0 Å². The number of halogens is 3. The maximum atomic E-state index is 13.1. The number of benzene rings is 1. The summed E-state index contributed by atoms with van der Waals surface area (Å²) in [6.45, 7) is 0.750. The number of aromatic nitrogens is 2. The van der Waals surface area contributed by atoms with Gasteiger partial charge in [0.2, 0.25) is 5.91 Å². The molecule has 2 saturated carbocycles. The molecule has 2 aliphatic carbocycles. The van der Waals surface area contributed by atoms with Gasteiger partial charge in [-0.1, -0.05) is 25.0 Å². The van der Waals surface area contributed by atoms with E-state index < -0.39 is 17.6 Å². The Labute approximate surface area is 230 Å². The summed E-state index contributed by atoms with van der Waals surface area (Å²) in [6.07, 6.45) is 3.86. The molecule has 2 bridgehead atoms. The van der Waals surface area contributed by atoms with Gasteiger partial charge in [0.05, 0.1) is 11.6 Å². The van der Waals surface area contributed by atoms with Crippen LogP contribution in [0.1, 0.15) is 48.0 Å². The van der Waals surface area contributed by atoms with E-state index in [0.29, 0.717) is 29.4 Å². The van der Waals surface area contributed by atoms with Crippen LogP contribution in [0.5, 0.6) is 0 Å². The topological polar surface area (TPSA) is 87.4 Å². The monoisotopic (exact) mass is 548 g/mol. The van der Waals surface area contributed by atoms with Crippen molar-refractivity contribution in [1.82, 2.24) is 15.3 Å². The zero-order valence-corrected chi connectivity index (χ0v) is 21.9. The molecule has 0 spiro atoms. The first-order chi connectivity index (χ1) is 19.3. The van der Waals surface area contributed by atoms with Gasteiger partial charge in [0.25, 0.3) is 0 Å². The third-order valence-corrected chi connectivity index (χ3v) is 9.32. The van der Waals surface area contributed by atoms with Gasteiger partial charge in [-0.15, -0.1) is 0 Å². The number of carbonyl (C=O) groups excluding carboxylic acids is 1. The largest absolute Gasteiger partial charge is 0.417 e. The van der Waals surface area contributed by atoms with E-state index in [-0.39, 0.29) is 18.1 Å². The molecule has 40 heavy (non-hydrogen) atoms. The third-order valence-electron chi connectivity index (χ3n) is 9.32. The number of pyridine rings is 2. The van der Waals surface area contributed by atoms with Crippen LogP contribution in [0.3, 0.4) is 0 Å². The van der Waals surface area contributed by atoms with E-state index >= 15 is 0 Å². The molecule has 6 unspecified atom stereocenters. The van der Waals surface area contributed by atoms with Crippen molar-refractivity contribution < 1.29 is 18.0 Å². The Morgan fingerprint density at radius 3 is 2.58 bits per heavy atom. The Hall–Kier alpha value is -3.66. The number of anilines is 2. The molecule has 4 aliphatic rings. The average molecular weight is 549 g/mol. The molecule has 7 rings (SSSR count). The van der Waals surface area contributed by atoms with E-state index in [2.05, 4.69) is 26.2 Å². The van der Waals surface area contributed by atoms with Crippen LogP contribution in [0.25, 0.3) is 11.1 Å². The zero-order chi connectivity index (χ0) is 27.6. The predicted molar refractivity (Wildman–Crippen MR) is 146 cm³/mol. The highest BCUT2D eigenvalue weighted by molar-refractivity contribution is 5.94. The number of piperazine rings is 1. The van der Waals surface area contributed by atoms with Gasteiger partial charge >= 0.3 is 6.18 Å². The fourth-order valence-electron chi connectivity index (χ4n) is 7.63. The van der Waals surface area contributed by atoms with Crippen molar-refractivity contribution in [2.75, 3.05) is 16.3 Å². The summed E-state index contributed by atoms with van der Waals surface area (Å²) in [7, 11) is 0. The maximum absolute atomic E-state index is 13.1. The molecule has 1 aromatic carbocycles. The van der Waals surface area contributed by atoms with Crippen molar-refractivity contribution >= 4 is 17.5 Å². The van der Waals surface area contributed by atoms with Crippen molar-refractivity contribution in [3.63, 3.8) is 0 Å². The second-order valence-electron chi connectivity index (χ2n) is 11.5. The van der Waals surface area contributed by atoms with Gasteiger partial charge in [0.15, 0.2) is 0 Å². The molecule has 3 aromatic rings. The van der Waals surface area contributed by atoms with Crippen molar-refractivity contribution in [3.05, 3.63) is 72.1 Å². The zero-order valence-electron chi connectivity index (χ0n) is 21.9. The number of amides is 1. The molecule has 2 aromatic heterocycles. The standard InChI is InChI=1S/C30H31F3N6O/c31-30(32,33)21-8-9-25(36-15-21)38-16-20-13-24(38)27-28(20)39(23-7-2-1-6-22(23)37-27)26-14-18(10-11-35-26)17-4-3-5-19(12-17)29(34)40/h3-5,8-12,14-15,20,22-24,27-28,37H,1-2,6-7,13,16H2,(H2,34,40). The number of alkyl halides is 3. The molecule has 4 fully saturated rings. The lowest BCUT2D eigenvalue weighted by Crippen LogP contribution is -2.73. The van der Waals surface area contributed by atoms with Crippen LogP contribution in [-0.4, -0.2) is 52.6 Å². The van der Waals surface area contributed by atoms with Crippen LogP contribution in [0, 0.1) is 5.92 Å². The quantitative estimate of drug-likeness (QED) is 0.495. The molecule has 0 radical (unpaired) electrons. The van der Waals surface area contributed by atoms with Gasteiger partial charge in [0.1, 0.15) is 11.6 Å². The normalized spacial score (nSPS) is 29.3. The predicted octanol–water partition coefficient (Wildman–Crippen LogP) is 4.63. The molecular weight excluding hydrogens is 517 g/mol. The summed E-state index contributed by atoms with van der Waals surface area (Å²) in [5.41, 5.74) is 7.17. The second-order valence-corrected chi connectivity index (χ2v) is 11.5. The van der Waals surface area contributed by atoms with Crippen LogP contribution in [0.4, 0.5) is 24.8 Å². The summed E-state index contributed by atoms with van der Waals surface area (Å²) in [5.74, 6) is 1.41. The number of nitrogens with zero attached hydrogens (tertiary/aromatic N) is 4. The summed E-state index contributed by atoms with van der Waals surface area (Å²) in [5, 5.41) is 3.98. The molecule has 1 amide bonds.